The first-order chi connectivity index (χ1) is 12.0. The molecule has 0 radical (unpaired) electrons. The van der Waals surface area contributed by atoms with Crippen molar-refractivity contribution in [1.29, 1.82) is 0 Å². The first kappa shape index (κ1) is 18.0. The van der Waals surface area contributed by atoms with E-state index in [1.165, 1.54) is 12.1 Å². The molecule has 1 fully saturated rings. The van der Waals surface area contributed by atoms with E-state index in [1.807, 2.05) is 12.3 Å². The summed E-state index contributed by atoms with van der Waals surface area (Å²) in [7, 11) is 0. The van der Waals surface area contributed by atoms with E-state index in [9.17, 15) is 14.3 Å². The molecule has 1 amide bonds. The fraction of sp³-hybridized carbons (Fsp3) is 0.444. The Balaban J connectivity index is 1.58. The van der Waals surface area contributed by atoms with E-state index in [4.69, 9.17) is 0 Å². The molecule has 5 nitrogen and oxygen atoms in total. The highest BCUT2D eigenvalue weighted by Gasteiger charge is 2.41. The Morgan fingerprint density at radius 1 is 1.40 bits per heavy atom. The number of hydrogen-bond donors (Lipinski definition) is 2. The molecule has 7 heteroatoms. The molecule has 1 aliphatic heterocycles. The molecule has 0 bridgehead atoms. The molecule has 1 saturated heterocycles. The fourth-order valence-corrected chi connectivity index (χ4v) is 3.69. The van der Waals surface area contributed by atoms with Crippen molar-refractivity contribution in [2.45, 2.75) is 38.5 Å². The number of halogens is 1. The van der Waals surface area contributed by atoms with Gasteiger partial charge in [-0.25, -0.2) is 9.37 Å². The highest BCUT2D eigenvalue weighted by Crippen LogP contribution is 2.24. The Morgan fingerprint density at radius 3 is 2.84 bits per heavy atom. The van der Waals surface area contributed by atoms with Crippen molar-refractivity contribution in [3.63, 3.8) is 0 Å². The summed E-state index contributed by atoms with van der Waals surface area (Å²) in [6, 6.07) is 6.10. The maximum absolute atomic E-state index is 13.0. The lowest BCUT2D eigenvalue weighted by molar-refractivity contribution is -0.157. The monoisotopic (exact) mass is 363 g/mol. The van der Waals surface area contributed by atoms with Crippen LogP contribution in [0.25, 0.3) is 0 Å². The first-order valence-electron chi connectivity index (χ1n) is 8.34. The molecule has 1 aromatic heterocycles. The number of nitrogens with one attached hydrogen (secondary N) is 1. The third-order valence-electron chi connectivity index (χ3n) is 4.38. The number of amides is 1. The topological polar surface area (TPSA) is 65.5 Å². The van der Waals surface area contributed by atoms with Crippen LogP contribution >= 0.6 is 11.3 Å². The minimum Gasteiger partial charge on any atom is -0.379 e. The molecule has 1 aromatic carbocycles. The van der Waals surface area contributed by atoms with Gasteiger partial charge in [0.25, 0.3) is 5.91 Å². The molecule has 3 rings (SSSR count). The molecule has 1 atom stereocenters. The number of aryl methyl sites for hydroxylation is 1. The van der Waals surface area contributed by atoms with E-state index in [0.29, 0.717) is 26.1 Å². The van der Waals surface area contributed by atoms with E-state index < -0.39 is 5.60 Å². The number of thiazole rings is 1. The lowest BCUT2D eigenvalue weighted by Gasteiger charge is -2.38. The second-order valence-electron chi connectivity index (χ2n) is 6.45. The zero-order chi connectivity index (χ0) is 17.9. The van der Waals surface area contributed by atoms with Crippen LogP contribution in [0.4, 0.5) is 4.39 Å². The van der Waals surface area contributed by atoms with Crippen LogP contribution in [0.15, 0.2) is 29.6 Å². The van der Waals surface area contributed by atoms with E-state index in [-0.39, 0.29) is 18.3 Å². The van der Waals surface area contributed by atoms with Gasteiger partial charge in [-0.1, -0.05) is 12.1 Å². The SMILES string of the molecule is Cc1nc(CNC[C@]2(O)CCCN(Cc3ccc(F)cc3)C2=O)cs1. The van der Waals surface area contributed by atoms with Gasteiger partial charge < -0.3 is 15.3 Å². The van der Waals surface area contributed by atoms with Crippen LogP contribution in [0, 0.1) is 12.7 Å². The molecule has 2 heterocycles. The van der Waals surface area contributed by atoms with Crippen LogP contribution in [-0.4, -0.2) is 39.6 Å². The molecular weight excluding hydrogens is 341 g/mol. The number of aromatic nitrogens is 1. The van der Waals surface area contributed by atoms with Crippen molar-refractivity contribution in [2.75, 3.05) is 13.1 Å². The van der Waals surface area contributed by atoms with Gasteiger partial charge in [-0.3, -0.25) is 4.79 Å². The minimum absolute atomic E-state index is 0.197. The summed E-state index contributed by atoms with van der Waals surface area (Å²) < 4.78 is 13.0. The number of likely N-dealkylation sites (tertiary alicyclic amines) is 1. The van der Waals surface area contributed by atoms with Crippen LogP contribution in [0.5, 0.6) is 0 Å². The number of carbonyl (C=O) groups excluding carboxylic acids is 1. The van der Waals surface area contributed by atoms with Gasteiger partial charge in [0, 0.05) is 31.6 Å². The van der Waals surface area contributed by atoms with E-state index in [2.05, 4.69) is 10.3 Å². The van der Waals surface area contributed by atoms with Crippen LogP contribution in [0.1, 0.15) is 29.1 Å². The van der Waals surface area contributed by atoms with E-state index in [0.717, 1.165) is 22.7 Å². The summed E-state index contributed by atoms with van der Waals surface area (Å²) in [6.07, 6.45) is 1.18. The molecule has 134 valence electrons. The van der Waals surface area contributed by atoms with Crippen molar-refractivity contribution in [3.05, 3.63) is 51.7 Å². The van der Waals surface area contributed by atoms with Crippen molar-refractivity contribution in [1.82, 2.24) is 15.2 Å². The predicted octanol–water partition coefficient (Wildman–Crippen LogP) is 2.23. The number of aliphatic hydroxyl groups is 1. The number of carbonyl (C=O) groups is 1. The number of nitrogens with zero attached hydrogens (tertiary/aromatic N) is 2. The Morgan fingerprint density at radius 2 is 2.16 bits per heavy atom. The van der Waals surface area contributed by atoms with Crippen LogP contribution in [0.2, 0.25) is 0 Å². The van der Waals surface area contributed by atoms with Crippen LogP contribution in [0.3, 0.4) is 0 Å². The standard InChI is InChI=1S/C18H22FN3O2S/c1-13-21-16(11-25-13)9-20-12-18(24)7-2-8-22(17(18)23)10-14-3-5-15(19)6-4-14/h3-6,11,20,24H,2,7-10,12H2,1H3/t18-/m1/s1. The van der Waals surface area contributed by atoms with Crippen LogP contribution < -0.4 is 5.32 Å². The van der Waals surface area contributed by atoms with Gasteiger partial charge in [0.15, 0.2) is 5.60 Å². The second kappa shape index (κ2) is 7.59. The van der Waals surface area contributed by atoms with Gasteiger partial charge in [-0.05, 0) is 37.5 Å². The van der Waals surface area contributed by atoms with Crippen molar-refractivity contribution < 1.29 is 14.3 Å². The smallest absolute Gasteiger partial charge is 0.256 e. The lowest BCUT2D eigenvalue weighted by Crippen LogP contribution is -2.57. The number of hydrogen-bond acceptors (Lipinski definition) is 5. The molecule has 0 saturated carbocycles. The van der Waals surface area contributed by atoms with E-state index in [1.54, 1.807) is 28.4 Å². The average molecular weight is 363 g/mol. The molecule has 1 aliphatic rings. The summed E-state index contributed by atoms with van der Waals surface area (Å²) in [5.74, 6) is -0.572. The highest BCUT2D eigenvalue weighted by atomic mass is 32.1. The van der Waals surface area contributed by atoms with E-state index >= 15 is 0 Å². The van der Waals surface area contributed by atoms with Gasteiger partial charge in [-0.2, -0.15) is 0 Å². The molecular formula is C18H22FN3O2S. The van der Waals surface area contributed by atoms with Crippen molar-refractivity contribution in [2.24, 2.45) is 0 Å². The summed E-state index contributed by atoms with van der Waals surface area (Å²) in [4.78, 5) is 18.7. The Bertz CT molecular complexity index is 734. The van der Waals surface area contributed by atoms with Gasteiger partial charge in [0.2, 0.25) is 0 Å². The Labute approximate surface area is 150 Å². The molecule has 25 heavy (non-hydrogen) atoms. The molecule has 0 spiro atoms. The number of piperidine rings is 1. The average Bonchev–Trinajstić information content (AvgIpc) is 2.99. The summed E-state index contributed by atoms with van der Waals surface area (Å²) in [5.41, 5.74) is 0.367. The third-order valence-corrected chi connectivity index (χ3v) is 5.20. The van der Waals surface area contributed by atoms with Gasteiger partial charge in [0.05, 0.1) is 10.7 Å². The maximum Gasteiger partial charge on any atom is 0.256 e. The molecule has 2 N–H and O–H groups in total. The first-order valence-corrected chi connectivity index (χ1v) is 9.22. The zero-order valence-corrected chi connectivity index (χ0v) is 15.0. The van der Waals surface area contributed by atoms with Gasteiger partial charge >= 0.3 is 0 Å². The summed E-state index contributed by atoms with van der Waals surface area (Å²) in [6.45, 7) is 3.65. The quantitative estimate of drug-likeness (QED) is 0.826. The number of benzene rings is 1. The minimum atomic E-state index is -1.40. The van der Waals surface area contributed by atoms with Crippen LogP contribution in [-0.2, 0) is 17.9 Å². The van der Waals surface area contributed by atoms with Crippen molar-refractivity contribution >= 4 is 17.2 Å². The zero-order valence-electron chi connectivity index (χ0n) is 14.2. The normalized spacial score (nSPS) is 20.9. The van der Waals surface area contributed by atoms with Gasteiger partial charge in [0.1, 0.15) is 5.82 Å². The third kappa shape index (κ3) is 4.42. The maximum atomic E-state index is 13.0. The summed E-state index contributed by atoms with van der Waals surface area (Å²) >= 11 is 1.58. The second-order valence-corrected chi connectivity index (χ2v) is 7.51. The molecule has 0 unspecified atom stereocenters. The van der Waals surface area contributed by atoms with Crippen molar-refractivity contribution in [3.8, 4) is 0 Å². The Hall–Kier alpha value is -1.83. The Kier molecular flexibility index (Phi) is 5.46. The fourth-order valence-electron chi connectivity index (χ4n) is 3.08. The largest absolute Gasteiger partial charge is 0.379 e. The molecule has 0 aliphatic carbocycles. The highest BCUT2D eigenvalue weighted by molar-refractivity contribution is 7.09. The molecule has 2 aromatic rings. The van der Waals surface area contributed by atoms with Gasteiger partial charge in [-0.15, -0.1) is 11.3 Å². The number of rotatable bonds is 6. The predicted molar refractivity (Wildman–Crippen MR) is 94.6 cm³/mol. The lowest BCUT2D eigenvalue weighted by atomic mass is 9.91. The summed E-state index contributed by atoms with van der Waals surface area (Å²) in [5, 5.41) is 16.9.